The molecule has 0 aromatic heterocycles. The lowest BCUT2D eigenvalue weighted by Crippen LogP contribution is -2.45. The summed E-state index contributed by atoms with van der Waals surface area (Å²) in [5, 5.41) is 3.82. The first-order valence-electron chi connectivity index (χ1n) is 8.82. The van der Waals surface area contributed by atoms with Gasteiger partial charge >= 0.3 is 0 Å². The van der Waals surface area contributed by atoms with Crippen LogP contribution in [0.4, 0.5) is 0 Å². The van der Waals surface area contributed by atoms with Crippen molar-refractivity contribution in [2.75, 3.05) is 19.6 Å². The molecule has 0 heterocycles. The molecule has 2 aliphatic carbocycles. The summed E-state index contributed by atoms with van der Waals surface area (Å²) in [4.78, 5) is 2.82. The molecule has 0 radical (unpaired) electrons. The topological polar surface area (TPSA) is 15.3 Å². The number of hydrogen-bond donors (Lipinski definition) is 1. The van der Waals surface area contributed by atoms with Crippen molar-refractivity contribution in [2.24, 2.45) is 5.92 Å². The fourth-order valence-electron chi connectivity index (χ4n) is 3.55. The summed E-state index contributed by atoms with van der Waals surface area (Å²) in [6.07, 6.45) is 12.7. The van der Waals surface area contributed by atoms with E-state index in [9.17, 15) is 0 Å². The Kier molecular flexibility index (Phi) is 6.66. The van der Waals surface area contributed by atoms with Gasteiger partial charge < -0.3 is 10.2 Å². The van der Waals surface area contributed by atoms with Crippen molar-refractivity contribution in [3.8, 4) is 0 Å². The molecule has 2 rings (SSSR count). The molecule has 0 aromatic rings. The summed E-state index contributed by atoms with van der Waals surface area (Å²) in [6, 6.07) is 1.75. The van der Waals surface area contributed by atoms with E-state index < -0.39 is 0 Å². The second kappa shape index (κ2) is 8.26. The lowest BCUT2D eigenvalue weighted by atomic mass is 9.84. The molecule has 19 heavy (non-hydrogen) atoms. The maximum Gasteiger partial charge on any atom is 0.0107 e. The van der Waals surface area contributed by atoms with Gasteiger partial charge in [0.1, 0.15) is 0 Å². The first-order chi connectivity index (χ1) is 9.35. The lowest BCUT2D eigenvalue weighted by molar-refractivity contribution is 0.160. The van der Waals surface area contributed by atoms with E-state index in [0.29, 0.717) is 0 Å². The molecule has 112 valence electrons. The van der Waals surface area contributed by atoms with Crippen molar-refractivity contribution in [2.45, 2.75) is 83.7 Å². The average Bonchev–Trinajstić information content (AvgIpc) is 3.26. The third-order valence-corrected chi connectivity index (χ3v) is 4.90. The van der Waals surface area contributed by atoms with Gasteiger partial charge in [0.15, 0.2) is 0 Å². The van der Waals surface area contributed by atoms with Gasteiger partial charge in [0, 0.05) is 18.6 Å². The third-order valence-electron chi connectivity index (χ3n) is 4.90. The van der Waals surface area contributed by atoms with E-state index in [1.54, 1.807) is 0 Å². The highest BCUT2D eigenvalue weighted by Crippen LogP contribution is 2.31. The molecule has 0 bridgehead atoms. The molecule has 0 aromatic carbocycles. The molecule has 0 spiro atoms. The normalized spacial score (nSPS) is 27.9. The molecule has 1 N–H and O–H groups in total. The van der Waals surface area contributed by atoms with Gasteiger partial charge in [-0.2, -0.15) is 0 Å². The molecule has 2 aliphatic rings. The van der Waals surface area contributed by atoms with Gasteiger partial charge in [-0.3, -0.25) is 0 Å². The molecule has 2 saturated carbocycles. The zero-order chi connectivity index (χ0) is 13.5. The summed E-state index contributed by atoms with van der Waals surface area (Å²) in [5.41, 5.74) is 0. The maximum absolute atomic E-state index is 3.82. The molecular formula is C17H34N2. The van der Waals surface area contributed by atoms with Crippen LogP contribution in [0.2, 0.25) is 0 Å². The Morgan fingerprint density at radius 2 is 1.79 bits per heavy atom. The van der Waals surface area contributed by atoms with E-state index in [1.165, 1.54) is 77.4 Å². The summed E-state index contributed by atoms with van der Waals surface area (Å²) < 4.78 is 0. The standard InChI is InChI=1S/C17H34N2/c1-3-5-13-19(16-10-11-16)14-15-8-6-7-9-17(15)18-12-4-2/h15-18H,3-14H2,1-2H3. The fourth-order valence-corrected chi connectivity index (χ4v) is 3.55. The summed E-state index contributed by atoms with van der Waals surface area (Å²) in [5.74, 6) is 0.915. The quantitative estimate of drug-likeness (QED) is 0.683. The average molecular weight is 266 g/mol. The van der Waals surface area contributed by atoms with E-state index in [2.05, 4.69) is 24.1 Å². The Hall–Kier alpha value is -0.0800. The SMILES string of the molecule is CCCCN(CC1CCCCC1NCCC)C1CC1. The fraction of sp³-hybridized carbons (Fsp3) is 1.00. The second-order valence-corrected chi connectivity index (χ2v) is 6.68. The summed E-state index contributed by atoms with van der Waals surface area (Å²) in [6.45, 7) is 8.52. The Bertz CT molecular complexity index is 237. The van der Waals surface area contributed by atoms with Crippen LogP contribution < -0.4 is 5.32 Å². The zero-order valence-electron chi connectivity index (χ0n) is 13.2. The first-order valence-corrected chi connectivity index (χ1v) is 8.82. The van der Waals surface area contributed by atoms with Crippen molar-refractivity contribution in [1.82, 2.24) is 10.2 Å². The Labute approximate surface area is 120 Å². The summed E-state index contributed by atoms with van der Waals surface area (Å²) in [7, 11) is 0. The first kappa shape index (κ1) is 15.3. The largest absolute Gasteiger partial charge is 0.314 e. The van der Waals surface area contributed by atoms with Crippen LogP contribution in [0.15, 0.2) is 0 Å². The number of rotatable bonds is 9. The van der Waals surface area contributed by atoms with Crippen LogP contribution in [0.3, 0.4) is 0 Å². The summed E-state index contributed by atoms with van der Waals surface area (Å²) >= 11 is 0. The van der Waals surface area contributed by atoms with Crippen molar-refractivity contribution < 1.29 is 0 Å². The van der Waals surface area contributed by atoms with Crippen LogP contribution in [-0.2, 0) is 0 Å². The minimum absolute atomic E-state index is 0.802. The Morgan fingerprint density at radius 3 is 2.47 bits per heavy atom. The molecule has 0 saturated heterocycles. The highest BCUT2D eigenvalue weighted by Gasteiger charge is 2.33. The smallest absolute Gasteiger partial charge is 0.0107 e. The maximum atomic E-state index is 3.82. The molecular weight excluding hydrogens is 232 g/mol. The van der Waals surface area contributed by atoms with Crippen LogP contribution in [0, 0.1) is 5.92 Å². The lowest BCUT2D eigenvalue weighted by Gasteiger charge is -2.36. The van der Waals surface area contributed by atoms with Crippen LogP contribution in [0.25, 0.3) is 0 Å². The van der Waals surface area contributed by atoms with E-state index in [4.69, 9.17) is 0 Å². The molecule has 0 aliphatic heterocycles. The monoisotopic (exact) mass is 266 g/mol. The molecule has 2 nitrogen and oxygen atoms in total. The van der Waals surface area contributed by atoms with Gasteiger partial charge in [-0.1, -0.05) is 33.1 Å². The van der Waals surface area contributed by atoms with Gasteiger partial charge in [0.2, 0.25) is 0 Å². The van der Waals surface area contributed by atoms with E-state index in [0.717, 1.165) is 18.0 Å². The van der Waals surface area contributed by atoms with Crippen molar-refractivity contribution in [3.63, 3.8) is 0 Å². The Morgan fingerprint density at radius 1 is 1.00 bits per heavy atom. The van der Waals surface area contributed by atoms with Gasteiger partial charge in [0.25, 0.3) is 0 Å². The highest BCUT2D eigenvalue weighted by atomic mass is 15.2. The van der Waals surface area contributed by atoms with Gasteiger partial charge in [-0.05, 0) is 57.5 Å². The predicted molar refractivity (Wildman–Crippen MR) is 83.5 cm³/mol. The van der Waals surface area contributed by atoms with E-state index in [1.807, 2.05) is 0 Å². The predicted octanol–water partition coefficient (Wildman–Crippen LogP) is 3.81. The number of hydrogen-bond acceptors (Lipinski definition) is 2. The molecule has 0 amide bonds. The van der Waals surface area contributed by atoms with Crippen molar-refractivity contribution in [3.05, 3.63) is 0 Å². The zero-order valence-corrected chi connectivity index (χ0v) is 13.2. The second-order valence-electron chi connectivity index (χ2n) is 6.68. The Balaban J connectivity index is 1.81. The van der Waals surface area contributed by atoms with Gasteiger partial charge in [0.05, 0.1) is 0 Å². The molecule has 2 heteroatoms. The highest BCUT2D eigenvalue weighted by molar-refractivity contribution is 4.89. The van der Waals surface area contributed by atoms with Crippen molar-refractivity contribution in [1.29, 1.82) is 0 Å². The molecule has 2 unspecified atom stereocenters. The number of nitrogens with one attached hydrogen (secondary N) is 1. The van der Waals surface area contributed by atoms with Crippen molar-refractivity contribution >= 4 is 0 Å². The van der Waals surface area contributed by atoms with Gasteiger partial charge in [-0.15, -0.1) is 0 Å². The third kappa shape index (κ3) is 5.07. The van der Waals surface area contributed by atoms with Crippen LogP contribution in [0.5, 0.6) is 0 Å². The van der Waals surface area contributed by atoms with Gasteiger partial charge in [-0.25, -0.2) is 0 Å². The van der Waals surface area contributed by atoms with E-state index >= 15 is 0 Å². The number of nitrogens with zero attached hydrogens (tertiary/aromatic N) is 1. The van der Waals surface area contributed by atoms with E-state index in [-0.39, 0.29) is 0 Å². The van der Waals surface area contributed by atoms with Crippen LogP contribution in [-0.4, -0.2) is 36.6 Å². The molecule has 2 atom stereocenters. The van der Waals surface area contributed by atoms with Crippen LogP contribution in [0.1, 0.15) is 71.6 Å². The van der Waals surface area contributed by atoms with Crippen LogP contribution >= 0.6 is 0 Å². The number of unbranched alkanes of at least 4 members (excludes halogenated alkanes) is 1. The minimum Gasteiger partial charge on any atom is -0.314 e. The minimum atomic E-state index is 0.802. The molecule has 2 fully saturated rings.